The van der Waals surface area contributed by atoms with Crippen molar-refractivity contribution in [3.05, 3.63) is 35.1 Å². The molecule has 0 saturated heterocycles. The first-order valence-electron chi connectivity index (χ1n) is 7.60. The van der Waals surface area contributed by atoms with Gasteiger partial charge in [0.1, 0.15) is 5.82 Å². The van der Waals surface area contributed by atoms with Crippen LogP contribution in [0.25, 0.3) is 0 Å². The maximum atomic E-state index is 13.5. The molecule has 1 fully saturated rings. The molecule has 1 aromatic carbocycles. The van der Waals surface area contributed by atoms with Crippen molar-refractivity contribution in [1.82, 2.24) is 5.32 Å². The first kappa shape index (κ1) is 15.5. The van der Waals surface area contributed by atoms with E-state index in [1.54, 1.807) is 19.2 Å². The molecule has 0 aliphatic heterocycles. The van der Waals surface area contributed by atoms with Gasteiger partial charge in [-0.3, -0.25) is 0 Å². The molecule has 0 heterocycles. The Hall–Kier alpha value is -0.930. The summed E-state index contributed by atoms with van der Waals surface area (Å²) in [5.74, 6) is -0.119. The Labute approximate surface area is 121 Å². The molecule has 0 atom stereocenters. The van der Waals surface area contributed by atoms with Crippen LogP contribution >= 0.6 is 0 Å². The highest BCUT2D eigenvalue weighted by atomic mass is 19.1. The largest absolute Gasteiger partial charge is 0.383 e. The van der Waals surface area contributed by atoms with Gasteiger partial charge in [0.2, 0.25) is 0 Å². The molecule has 0 amide bonds. The van der Waals surface area contributed by atoms with E-state index < -0.39 is 0 Å². The van der Waals surface area contributed by atoms with Gasteiger partial charge >= 0.3 is 0 Å². The number of hydrogen-bond donors (Lipinski definition) is 1. The van der Waals surface area contributed by atoms with Crippen molar-refractivity contribution in [1.29, 1.82) is 0 Å². The van der Waals surface area contributed by atoms with Crippen LogP contribution in [0.5, 0.6) is 0 Å². The Morgan fingerprint density at radius 2 is 2.05 bits per heavy atom. The third kappa shape index (κ3) is 4.03. The standard InChI is InChI=1S/C17H26FNO/c1-14-5-6-16(18)11-15(14)12-17(7-3-4-8-17)13-19-9-10-20-2/h5-6,11,19H,3-4,7-10,12-13H2,1-2H3. The predicted molar refractivity (Wildman–Crippen MR) is 80.5 cm³/mol. The molecule has 1 N–H and O–H groups in total. The zero-order valence-corrected chi connectivity index (χ0v) is 12.7. The highest BCUT2D eigenvalue weighted by molar-refractivity contribution is 5.28. The number of benzene rings is 1. The summed E-state index contributed by atoms with van der Waals surface area (Å²) in [6.45, 7) is 4.72. The van der Waals surface area contributed by atoms with Gasteiger partial charge in [-0.1, -0.05) is 18.9 Å². The number of halogens is 1. The van der Waals surface area contributed by atoms with Crippen LogP contribution in [-0.4, -0.2) is 26.8 Å². The Morgan fingerprint density at radius 3 is 2.75 bits per heavy atom. The fourth-order valence-corrected chi connectivity index (χ4v) is 3.30. The molecule has 1 aromatic rings. The summed E-state index contributed by atoms with van der Waals surface area (Å²) >= 11 is 0. The Balaban J connectivity index is 2.02. The molecule has 0 radical (unpaired) electrons. The van der Waals surface area contributed by atoms with Crippen molar-refractivity contribution in [3.63, 3.8) is 0 Å². The topological polar surface area (TPSA) is 21.3 Å². The van der Waals surface area contributed by atoms with Crippen LogP contribution in [-0.2, 0) is 11.2 Å². The number of rotatable bonds is 7. The highest BCUT2D eigenvalue weighted by Gasteiger charge is 2.33. The first-order chi connectivity index (χ1) is 9.65. The monoisotopic (exact) mass is 279 g/mol. The van der Waals surface area contributed by atoms with E-state index in [0.29, 0.717) is 5.41 Å². The summed E-state index contributed by atoms with van der Waals surface area (Å²) < 4.78 is 18.5. The minimum Gasteiger partial charge on any atom is -0.383 e. The molecule has 1 saturated carbocycles. The van der Waals surface area contributed by atoms with Crippen LogP contribution < -0.4 is 5.32 Å². The molecule has 1 aliphatic rings. The van der Waals surface area contributed by atoms with Crippen LogP contribution in [0.1, 0.15) is 36.8 Å². The average Bonchev–Trinajstić information content (AvgIpc) is 2.88. The molecule has 0 aromatic heterocycles. The van der Waals surface area contributed by atoms with Crippen molar-refractivity contribution in [3.8, 4) is 0 Å². The molecule has 0 bridgehead atoms. The van der Waals surface area contributed by atoms with Gasteiger partial charge < -0.3 is 10.1 Å². The maximum absolute atomic E-state index is 13.5. The van der Waals surface area contributed by atoms with E-state index in [0.717, 1.165) is 26.1 Å². The summed E-state index contributed by atoms with van der Waals surface area (Å²) in [7, 11) is 1.73. The number of nitrogens with one attached hydrogen (secondary N) is 1. The molecule has 2 nitrogen and oxygen atoms in total. The van der Waals surface area contributed by atoms with E-state index >= 15 is 0 Å². The van der Waals surface area contributed by atoms with Crippen molar-refractivity contribution < 1.29 is 9.13 Å². The van der Waals surface area contributed by atoms with E-state index in [2.05, 4.69) is 12.2 Å². The van der Waals surface area contributed by atoms with E-state index in [1.807, 2.05) is 6.07 Å². The van der Waals surface area contributed by atoms with E-state index in [4.69, 9.17) is 4.74 Å². The van der Waals surface area contributed by atoms with E-state index in [9.17, 15) is 4.39 Å². The van der Waals surface area contributed by atoms with Crippen molar-refractivity contribution >= 4 is 0 Å². The van der Waals surface area contributed by atoms with Gasteiger partial charge in [-0.15, -0.1) is 0 Å². The average molecular weight is 279 g/mol. The minimum atomic E-state index is -0.119. The molecule has 3 heteroatoms. The lowest BCUT2D eigenvalue weighted by Crippen LogP contribution is -2.35. The van der Waals surface area contributed by atoms with Crippen LogP contribution in [0.2, 0.25) is 0 Å². The van der Waals surface area contributed by atoms with Crippen molar-refractivity contribution in [2.45, 2.75) is 39.0 Å². The van der Waals surface area contributed by atoms with Gasteiger partial charge in [0.05, 0.1) is 6.61 Å². The summed E-state index contributed by atoms with van der Waals surface area (Å²) in [6.07, 6.45) is 6.04. The quantitative estimate of drug-likeness (QED) is 0.772. The number of ether oxygens (including phenoxy) is 1. The lowest BCUT2D eigenvalue weighted by molar-refractivity contribution is 0.189. The number of hydrogen-bond acceptors (Lipinski definition) is 2. The highest BCUT2D eigenvalue weighted by Crippen LogP contribution is 2.41. The fraction of sp³-hybridized carbons (Fsp3) is 0.647. The van der Waals surface area contributed by atoms with Gasteiger partial charge in [-0.05, 0) is 54.9 Å². The first-order valence-corrected chi connectivity index (χ1v) is 7.60. The fourth-order valence-electron chi connectivity index (χ4n) is 3.30. The van der Waals surface area contributed by atoms with Crippen LogP contribution in [0.15, 0.2) is 18.2 Å². The third-order valence-electron chi connectivity index (χ3n) is 4.52. The molecular formula is C17H26FNO. The van der Waals surface area contributed by atoms with Gasteiger partial charge in [-0.25, -0.2) is 4.39 Å². The number of aryl methyl sites for hydroxylation is 1. The van der Waals surface area contributed by atoms with Gasteiger partial charge in [0.25, 0.3) is 0 Å². The zero-order chi connectivity index (χ0) is 14.4. The molecule has 112 valence electrons. The maximum Gasteiger partial charge on any atom is 0.123 e. The van der Waals surface area contributed by atoms with Crippen molar-refractivity contribution in [2.75, 3.05) is 26.8 Å². The second-order valence-corrected chi connectivity index (χ2v) is 6.12. The molecule has 20 heavy (non-hydrogen) atoms. The normalized spacial score (nSPS) is 17.6. The molecule has 0 unspecified atom stereocenters. The smallest absolute Gasteiger partial charge is 0.123 e. The molecule has 1 aliphatic carbocycles. The lowest BCUT2D eigenvalue weighted by atomic mass is 9.79. The Bertz CT molecular complexity index is 427. The summed E-state index contributed by atoms with van der Waals surface area (Å²) in [5.41, 5.74) is 2.67. The Morgan fingerprint density at radius 1 is 1.30 bits per heavy atom. The SMILES string of the molecule is COCCNCC1(Cc2cc(F)ccc2C)CCCC1. The van der Waals surface area contributed by atoms with Crippen LogP contribution in [0.3, 0.4) is 0 Å². The van der Waals surface area contributed by atoms with E-state index in [-0.39, 0.29) is 5.82 Å². The zero-order valence-electron chi connectivity index (χ0n) is 12.7. The lowest BCUT2D eigenvalue weighted by Gasteiger charge is -2.30. The second-order valence-electron chi connectivity index (χ2n) is 6.12. The summed E-state index contributed by atoms with van der Waals surface area (Å²) in [4.78, 5) is 0. The number of methoxy groups -OCH3 is 1. The van der Waals surface area contributed by atoms with Gasteiger partial charge in [-0.2, -0.15) is 0 Å². The third-order valence-corrected chi connectivity index (χ3v) is 4.52. The van der Waals surface area contributed by atoms with Crippen LogP contribution in [0.4, 0.5) is 4.39 Å². The summed E-state index contributed by atoms with van der Waals surface area (Å²) in [6, 6.07) is 5.16. The summed E-state index contributed by atoms with van der Waals surface area (Å²) in [5, 5.41) is 3.50. The predicted octanol–water partition coefficient (Wildman–Crippen LogP) is 3.47. The molecular weight excluding hydrogens is 253 g/mol. The van der Waals surface area contributed by atoms with Gasteiger partial charge in [0.15, 0.2) is 0 Å². The van der Waals surface area contributed by atoms with E-state index in [1.165, 1.54) is 36.8 Å². The minimum absolute atomic E-state index is 0.119. The van der Waals surface area contributed by atoms with Crippen molar-refractivity contribution in [2.24, 2.45) is 5.41 Å². The van der Waals surface area contributed by atoms with Crippen LogP contribution in [0, 0.1) is 18.2 Å². The Kier molecular flexibility index (Phi) is 5.55. The second kappa shape index (κ2) is 7.19. The van der Waals surface area contributed by atoms with Gasteiger partial charge in [0, 0.05) is 20.2 Å². The molecule has 0 spiro atoms. The molecule has 2 rings (SSSR count).